The molecule has 2 aromatic rings. The maximum atomic E-state index is 13.4. The lowest BCUT2D eigenvalue weighted by Crippen LogP contribution is -2.24. The highest BCUT2D eigenvalue weighted by molar-refractivity contribution is 5.80. The Balaban J connectivity index is 1.73. The van der Waals surface area contributed by atoms with Crippen molar-refractivity contribution in [2.45, 2.75) is 13.0 Å². The van der Waals surface area contributed by atoms with Gasteiger partial charge in [0.15, 0.2) is 17.9 Å². The zero-order chi connectivity index (χ0) is 18.1. The summed E-state index contributed by atoms with van der Waals surface area (Å²) in [5.41, 5.74) is 1.24. The van der Waals surface area contributed by atoms with Gasteiger partial charge in [-0.05, 0) is 29.7 Å². The van der Waals surface area contributed by atoms with Gasteiger partial charge in [-0.1, -0.05) is 42.5 Å². The molecule has 0 aliphatic rings. The number of carbonyl (C=O) groups is 2. The first kappa shape index (κ1) is 18.2. The van der Waals surface area contributed by atoms with E-state index in [9.17, 15) is 19.1 Å². The van der Waals surface area contributed by atoms with Crippen LogP contribution >= 0.6 is 0 Å². The lowest BCUT2D eigenvalue weighted by Gasteiger charge is -2.06. The molecule has 0 heterocycles. The molecule has 0 radical (unpaired) electrons. The predicted octanol–water partition coefficient (Wildman–Crippen LogP) is 3.67. The van der Waals surface area contributed by atoms with Crippen LogP contribution in [0.1, 0.15) is 27.9 Å². The molecule has 2 aromatic carbocycles. The van der Waals surface area contributed by atoms with E-state index in [4.69, 9.17) is 4.74 Å². The minimum absolute atomic E-state index is 0.109. The molecule has 0 atom stereocenters. The molecule has 0 spiro atoms. The number of phenolic OH excluding ortho intramolecular Hbond substituents is 1. The average Bonchev–Trinajstić information content (AvgIpc) is 2.63. The molecule has 2 rings (SSSR count). The third kappa shape index (κ3) is 5.76. The molecule has 0 saturated heterocycles. The number of hydrogen-bond acceptors (Lipinski definition) is 4. The highest BCUT2D eigenvalue weighted by atomic mass is 19.1. The normalized spacial score (nSPS) is 10.6. The number of ether oxygens (including phenoxy) is 1. The van der Waals surface area contributed by atoms with Crippen molar-refractivity contribution < 1.29 is 23.8 Å². The van der Waals surface area contributed by atoms with Gasteiger partial charge in [-0.2, -0.15) is 0 Å². The SMILES string of the molecule is O=Cc1cc(C=CCCNC(=O)OCc2ccccc2)cc(F)c1O. The topological polar surface area (TPSA) is 75.6 Å². The summed E-state index contributed by atoms with van der Waals surface area (Å²) < 4.78 is 18.5. The number of aromatic hydroxyl groups is 1. The zero-order valence-electron chi connectivity index (χ0n) is 13.4. The summed E-state index contributed by atoms with van der Waals surface area (Å²) in [5.74, 6) is -1.51. The van der Waals surface area contributed by atoms with E-state index in [0.717, 1.165) is 11.6 Å². The Morgan fingerprint density at radius 3 is 2.72 bits per heavy atom. The molecule has 0 saturated carbocycles. The van der Waals surface area contributed by atoms with Crippen LogP contribution in [0.2, 0.25) is 0 Å². The van der Waals surface area contributed by atoms with Gasteiger partial charge in [-0.3, -0.25) is 4.79 Å². The van der Waals surface area contributed by atoms with Gasteiger partial charge >= 0.3 is 6.09 Å². The van der Waals surface area contributed by atoms with Crippen molar-refractivity contribution in [1.29, 1.82) is 0 Å². The predicted molar refractivity (Wildman–Crippen MR) is 91.7 cm³/mol. The van der Waals surface area contributed by atoms with Crippen LogP contribution in [0.4, 0.5) is 9.18 Å². The first-order valence-corrected chi connectivity index (χ1v) is 7.69. The molecular formula is C19H18FNO4. The van der Waals surface area contributed by atoms with Crippen LogP contribution in [-0.4, -0.2) is 24.0 Å². The molecule has 0 aliphatic carbocycles. The summed E-state index contributed by atoms with van der Waals surface area (Å²) in [4.78, 5) is 22.3. The van der Waals surface area contributed by atoms with E-state index in [0.29, 0.717) is 24.8 Å². The van der Waals surface area contributed by atoms with Crippen molar-refractivity contribution in [3.8, 4) is 5.75 Å². The molecule has 0 bridgehead atoms. The molecular weight excluding hydrogens is 325 g/mol. The molecule has 0 unspecified atom stereocenters. The van der Waals surface area contributed by atoms with E-state index in [1.54, 1.807) is 12.2 Å². The van der Waals surface area contributed by atoms with E-state index in [-0.39, 0.29) is 12.2 Å². The fourth-order valence-electron chi connectivity index (χ4n) is 2.08. The molecule has 5 nitrogen and oxygen atoms in total. The fourth-order valence-corrected chi connectivity index (χ4v) is 2.08. The lowest BCUT2D eigenvalue weighted by atomic mass is 10.1. The second kappa shape index (κ2) is 9.22. The van der Waals surface area contributed by atoms with Crippen molar-refractivity contribution in [2.75, 3.05) is 6.54 Å². The van der Waals surface area contributed by atoms with Crippen LogP contribution in [0, 0.1) is 5.82 Å². The van der Waals surface area contributed by atoms with Crippen molar-refractivity contribution in [3.05, 3.63) is 71.0 Å². The highest BCUT2D eigenvalue weighted by Crippen LogP contribution is 2.22. The number of benzene rings is 2. The first-order chi connectivity index (χ1) is 12.1. The largest absolute Gasteiger partial charge is 0.504 e. The molecule has 0 aliphatic heterocycles. The fraction of sp³-hybridized carbons (Fsp3) is 0.158. The number of carbonyl (C=O) groups excluding carboxylic acids is 2. The monoisotopic (exact) mass is 343 g/mol. The van der Waals surface area contributed by atoms with E-state index in [1.165, 1.54) is 6.07 Å². The second-order valence-corrected chi connectivity index (χ2v) is 5.24. The smallest absolute Gasteiger partial charge is 0.407 e. The molecule has 0 fully saturated rings. The van der Waals surface area contributed by atoms with Gasteiger partial charge in [0.1, 0.15) is 6.61 Å². The van der Waals surface area contributed by atoms with Gasteiger partial charge in [0, 0.05) is 6.54 Å². The third-order valence-corrected chi connectivity index (χ3v) is 3.35. The standard InChI is InChI=1S/C19H18FNO4/c20-17-11-15(10-16(12-22)18(17)23)8-4-5-9-21-19(24)25-13-14-6-2-1-3-7-14/h1-4,6-8,10-12,23H,5,9,13H2,(H,21,24). The number of halogens is 1. The summed E-state index contributed by atoms with van der Waals surface area (Å²) in [7, 11) is 0. The molecule has 1 amide bonds. The van der Waals surface area contributed by atoms with Crippen LogP contribution in [0.3, 0.4) is 0 Å². The minimum Gasteiger partial charge on any atom is -0.504 e. The number of aldehydes is 1. The second-order valence-electron chi connectivity index (χ2n) is 5.24. The summed E-state index contributed by atoms with van der Waals surface area (Å²) >= 11 is 0. The summed E-state index contributed by atoms with van der Waals surface area (Å²) in [6.45, 7) is 0.551. The van der Waals surface area contributed by atoms with Crippen molar-refractivity contribution >= 4 is 18.5 Å². The van der Waals surface area contributed by atoms with Crippen molar-refractivity contribution in [2.24, 2.45) is 0 Å². The van der Waals surface area contributed by atoms with Gasteiger partial charge < -0.3 is 15.2 Å². The van der Waals surface area contributed by atoms with E-state index < -0.39 is 17.7 Å². The first-order valence-electron chi connectivity index (χ1n) is 7.69. The van der Waals surface area contributed by atoms with Gasteiger partial charge in [0.05, 0.1) is 5.56 Å². The van der Waals surface area contributed by atoms with Crippen molar-refractivity contribution in [3.63, 3.8) is 0 Å². The molecule has 130 valence electrons. The van der Waals surface area contributed by atoms with Crippen LogP contribution in [0.25, 0.3) is 6.08 Å². The highest BCUT2D eigenvalue weighted by Gasteiger charge is 2.07. The third-order valence-electron chi connectivity index (χ3n) is 3.35. The Morgan fingerprint density at radius 2 is 2.00 bits per heavy atom. The number of nitrogens with one attached hydrogen (secondary N) is 1. The Labute approximate surface area is 144 Å². The van der Waals surface area contributed by atoms with Crippen LogP contribution in [-0.2, 0) is 11.3 Å². The van der Waals surface area contributed by atoms with E-state index in [2.05, 4.69) is 5.32 Å². The van der Waals surface area contributed by atoms with E-state index in [1.807, 2.05) is 30.3 Å². The maximum absolute atomic E-state index is 13.4. The minimum atomic E-state index is -0.855. The Morgan fingerprint density at radius 1 is 1.24 bits per heavy atom. The zero-order valence-corrected chi connectivity index (χ0v) is 13.4. The maximum Gasteiger partial charge on any atom is 0.407 e. The lowest BCUT2D eigenvalue weighted by molar-refractivity contribution is 0.112. The summed E-state index contributed by atoms with van der Waals surface area (Å²) in [5, 5.41) is 11.9. The van der Waals surface area contributed by atoms with E-state index >= 15 is 0 Å². The molecule has 6 heteroatoms. The molecule has 0 aromatic heterocycles. The number of hydrogen-bond donors (Lipinski definition) is 2. The van der Waals surface area contributed by atoms with Gasteiger partial charge in [-0.15, -0.1) is 0 Å². The summed E-state index contributed by atoms with van der Waals surface area (Å²) in [6.07, 6.45) is 3.69. The average molecular weight is 343 g/mol. The Hall–Kier alpha value is -3.15. The van der Waals surface area contributed by atoms with Crippen LogP contribution in [0.15, 0.2) is 48.5 Å². The van der Waals surface area contributed by atoms with Gasteiger partial charge in [0.2, 0.25) is 0 Å². The number of amides is 1. The quantitative estimate of drug-likeness (QED) is 0.594. The summed E-state index contributed by atoms with van der Waals surface area (Å²) in [6, 6.07) is 11.8. The number of rotatable bonds is 7. The van der Waals surface area contributed by atoms with Crippen molar-refractivity contribution in [1.82, 2.24) is 5.32 Å². The molecule has 25 heavy (non-hydrogen) atoms. The van der Waals surface area contributed by atoms with Gasteiger partial charge in [0.25, 0.3) is 0 Å². The molecule has 2 N–H and O–H groups in total. The number of alkyl carbamates (subject to hydrolysis) is 1. The van der Waals surface area contributed by atoms with Crippen LogP contribution < -0.4 is 5.32 Å². The Kier molecular flexibility index (Phi) is 6.71. The Bertz CT molecular complexity index is 760. The van der Waals surface area contributed by atoms with Gasteiger partial charge in [-0.25, -0.2) is 9.18 Å². The van der Waals surface area contributed by atoms with Crippen LogP contribution in [0.5, 0.6) is 5.75 Å². The number of phenols is 1.